The Balaban J connectivity index is 1.36. The monoisotopic (exact) mass is 429 g/mol. The highest BCUT2D eigenvalue weighted by atomic mass is 35.5. The molecular formula is C20H16ClN3O2S2. The molecule has 0 atom stereocenters. The summed E-state index contributed by atoms with van der Waals surface area (Å²) in [6.07, 6.45) is 0. The molecule has 0 aliphatic rings. The van der Waals surface area contributed by atoms with Gasteiger partial charge in [-0.2, -0.15) is 0 Å². The number of amides is 1. The standard InChI is InChI=1S/C20H16ClN3O2S2/c1-12-6-8-13(9-7-12)10-22-16(25)11-27-20-24-23-19(26-20)18-17(21)14-4-2-3-5-15(14)28-18/h2-9H,10-11H2,1H3,(H,22,25). The fraction of sp³-hybridized carbons (Fsp3) is 0.150. The summed E-state index contributed by atoms with van der Waals surface area (Å²) in [6, 6.07) is 15.9. The van der Waals surface area contributed by atoms with E-state index in [2.05, 4.69) is 15.5 Å². The molecule has 0 aliphatic heterocycles. The van der Waals surface area contributed by atoms with Crippen molar-refractivity contribution >= 4 is 50.7 Å². The van der Waals surface area contributed by atoms with E-state index in [0.717, 1.165) is 20.5 Å². The second-order valence-corrected chi connectivity index (χ2v) is 8.52. The number of benzene rings is 2. The van der Waals surface area contributed by atoms with Crippen LogP contribution in [-0.4, -0.2) is 21.9 Å². The summed E-state index contributed by atoms with van der Waals surface area (Å²) in [6.45, 7) is 2.52. The van der Waals surface area contributed by atoms with Crippen molar-refractivity contribution in [1.29, 1.82) is 0 Å². The van der Waals surface area contributed by atoms with Gasteiger partial charge in [-0.05, 0) is 18.6 Å². The van der Waals surface area contributed by atoms with Gasteiger partial charge in [-0.25, -0.2) is 0 Å². The van der Waals surface area contributed by atoms with Crippen molar-refractivity contribution in [2.45, 2.75) is 18.7 Å². The Morgan fingerprint density at radius 1 is 1.18 bits per heavy atom. The van der Waals surface area contributed by atoms with Gasteiger partial charge in [-0.3, -0.25) is 4.79 Å². The van der Waals surface area contributed by atoms with E-state index < -0.39 is 0 Å². The van der Waals surface area contributed by atoms with Gasteiger partial charge >= 0.3 is 0 Å². The van der Waals surface area contributed by atoms with E-state index >= 15 is 0 Å². The van der Waals surface area contributed by atoms with Crippen molar-refractivity contribution in [3.8, 4) is 10.8 Å². The molecule has 0 aliphatic carbocycles. The van der Waals surface area contributed by atoms with Crippen LogP contribution in [0, 0.1) is 6.92 Å². The third kappa shape index (κ3) is 4.22. The highest BCUT2D eigenvalue weighted by Crippen LogP contribution is 2.41. The van der Waals surface area contributed by atoms with E-state index in [1.54, 1.807) is 0 Å². The van der Waals surface area contributed by atoms with Gasteiger partial charge < -0.3 is 9.73 Å². The lowest BCUT2D eigenvalue weighted by Gasteiger charge is -2.04. The SMILES string of the molecule is Cc1ccc(CNC(=O)CSc2nnc(-c3sc4ccccc4c3Cl)o2)cc1. The van der Waals surface area contributed by atoms with Gasteiger partial charge in [-0.15, -0.1) is 21.5 Å². The van der Waals surface area contributed by atoms with Gasteiger partial charge in [-0.1, -0.05) is 71.4 Å². The van der Waals surface area contributed by atoms with E-state index in [1.807, 2.05) is 55.5 Å². The van der Waals surface area contributed by atoms with Crippen LogP contribution in [0.3, 0.4) is 0 Å². The minimum Gasteiger partial charge on any atom is -0.410 e. The number of halogens is 1. The maximum absolute atomic E-state index is 12.1. The number of aromatic nitrogens is 2. The molecule has 0 spiro atoms. The molecule has 0 saturated heterocycles. The Hall–Kier alpha value is -2.35. The minimum absolute atomic E-state index is 0.0924. The smallest absolute Gasteiger partial charge is 0.277 e. The number of thioether (sulfide) groups is 1. The second kappa shape index (κ2) is 8.34. The van der Waals surface area contributed by atoms with E-state index in [4.69, 9.17) is 16.0 Å². The number of nitrogens with zero attached hydrogens (tertiary/aromatic N) is 2. The molecule has 2 aromatic heterocycles. The number of nitrogens with one attached hydrogen (secondary N) is 1. The zero-order valence-corrected chi connectivity index (χ0v) is 17.3. The average molecular weight is 430 g/mol. The van der Waals surface area contributed by atoms with Gasteiger partial charge in [0.1, 0.15) is 4.88 Å². The van der Waals surface area contributed by atoms with Crippen molar-refractivity contribution in [2.75, 3.05) is 5.75 Å². The van der Waals surface area contributed by atoms with E-state index in [1.165, 1.54) is 28.7 Å². The van der Waals surface area contributed by atoms with Crippen molar-refractivity contribution in [1.82, 2.24) is 15.5 Å². The van der Waals surface area contributed by atoms with Crippen LogP contribution in [0.15, 0.2) is 58.2 Å². The molecule has 0 saturated carbocycles. The number of rotatable bonds is 6. The van der Waals surface area contributed by atoms with Gasteiger partial charge in [0, 0.05) is 16.6 Å². The number of fused-ring (bicyclic) bond motifs is 1. The topological polar surface area (TPSA) is 68.0 Å². The van der Waals surface area contributed by atoms with E-state index in [-0.39, 0.29) is 11.7 Å². The maximum Gasteiger partial charge on any atom is 0.277 e. The van der Waals surface area contributed by atoms with Crippen LogP contribution in [0.2, 0.25) is 5.02 Å². The van der Waals surface area contributed by atoms with Gasteiger partial charge in [0.25, 0.3) is 11.1 Å². The zero-order valence-electron chi connectivity index (χ0n) is 14.9. The molecule has 28 heavy (non-hydrogen) atoms. The Kier molecular flexibility index (Phi) is 5.66. The first-order chi connectivity index (χ1) is 13.6. The minimum atomic E-state index is -0.0924. The van der Waals surface area contributed by atoms with Crippen LogP contribution < -0.4 is 5.32 Å². The lowest BCUT2D eigenvalue weighted by Crippen LogP contribution is -2.24. The third-order valence-electron chi connectivity index (χ3n) is 4.07. The molecule has 0 bridgehead atoms. The highest BCUT2D eigenvalue weighted by Gasteiger charge is 2.18. The molecule has 142 valence electrons. The largest absolute Gasteiger partial charge is 0.410 e. The highest BCUT2D eigenvalue weighted by molar-refractivity contribution is 7.99. The molecule has 0 fully saturated rings. The number of aryl methyl sites for hydroxylation is 1. The van der Waals surface area contributed by atoms with Gasteiger partial charge in [0.15, 0.2) is 0 Å². The Labute approximate surface area is 175 Å². The molecule has 1 N–H and O–H groups in total. The number of carbonyl (C=O) groups is 1. The van der Waals surface area contributed by atoms with Crippen LogP contribution in [0.25, 0.3) is 20.9 Å². The molecular weight excluding hydrogens is 414 g/mol. The fourth-order valence-corrected chi connectivity index (χ4v) is 4.62. The molecule has 8 heteroatoms. The van der Waals surface area contributed by atoms with Gasteiger partial charge in [0.05, 0.1) is 10.8 Å². The normalized spacial score (nSPS) is 11.1. The van der Waals surface area contributed by atoms with Crippen molar-refractivity contribution in [2.24, 2.45) is 0 Å². The summed E-state index contributed by atoms with van der Waals surface area (Å²) in [7, 11) is 0. The van der Waals surface area contributed by atoms with Crippen molar-refractivity contribution in [3.63, 3.8) is 0 Å². The molecule has 5 nitrogen and oxygen atoms in total. The first-order valence-electron chi connectivity index (χ1n) is 8.56. The summed E-state index contributed by atoms with van der Waals surface area (Å²) < 4.78 is 6.75. The first kappa shape index (κ1) is 19.0. The van der Waals surface area contributed by atoms with Crippen molar-refractivity contribution < 1.29 is 9.21 Å². The van der Waals surface area contributed by atoms with Crippen molar-refractivity contribution in [3.05, 3.63) is 64.7 Å². The first-order valence-corrected chi connectivity index (χ1v) is 10.7. The Morgan fingerprint density at radius 2 is 1.96 bits per heavy atom. The molecule has 0 unspecified atom stereocenters. The fourth-order valence-electron chi connectivity index (χ4n) is 2.60. The van der Waals surface area contributed by atoms with E-state index in [9.17, 15) is 4.79 Å². The summed E-state index contributed by atoms with van der Waals surface area (Å²) in [5, 5.41) is 12.9. The molecule has 4 rings (SSSR count). The molecule has 1 amide bonds. The third-order valence-corrected chi connectivity index (χ3v) is 6.55. The summed E-state index contributed by atoms with van der Waals surface area (Å²) in [4.78, 5) is 12.8. The van der Waals surface area contributed by atoms with Crippen LogP contribution in [0.4, 0.5) is 0 Å². The summed E-state index contributed by atoms with van der Waals surface area (Å²) in [5.41, 5.74) is 2.25. The number of thiophene rings is 1. The lowest BCUT2D eigenvalue weighted by atomic mass is 10.1. The number of hydrogen-bond acceptors (Lipinski definition) is 6. The average Bonchev–Trinajstić information content (AvgIpc) is 3.31. The van der Waals surface area contributed by atoms with Crippen LogP contribution >= 0.6 is 34.7 Å². The molecule has 4 aromatic rings. The Morgan fingerprint density at radius 3 is 2.75 bits per heavy atom. The Bertz CT molecular complexity index is 1120. The number of hydrogen-bond donors (Lipinski definition) is 1. The zero-order chi connectivity index (χ0) is 19.5. The second-order valence-electron chi connectivity index (χ2n) is 6.17. The van der Waals surface area contributed by atoms with Gasteiger partial charge in [0.2, 0.25) is 5.91 Å². The predicted octanol–water partition coefficient (Wildman–Crippen LogP) is 5.32. The molecule has 0 radical (unpaired) electrons. The maximum atomic E-state index is 12.1. The number of carbonyl (C=O) groups excluding carboxylic acids is 1. The van der Waals surface area contributed by atoms with Crippen LogP contribution in [0.5, 0.6) is 0 Å². The molecule has 2 heterocycles. The summed E-state index contributed by atoms with van der Waals surface area (Å²) >= 11 is 9.16. The summed E-state index contributed by atoms with van der Waals surface area (Å²) in [5.74, 6) is 0.479. The molecule has 2 aromatic carbocycles. The quantitative estimate of drug-likeness (QED) is 0.420. The lowest BCUT2D eigenvalue weighted by molar-refractivity contribution is -0.118. The van der Waals surface area contributed by atoms with Crippen LogP contribution in [-0.2, 0) is 11.3 Å². The van der Waals surface area contributed by atoms with Crippen LogP contribution in [0.1, 0.15) is 11.1 Å². The predicted molar refractivity (Wildman–Crippen MR) is 114 cm³/mol. The van der Waals surface area contributed by atoms with E-state index in [0.29, 0.717) is 22.7 Å².